The maximum atomic E-state index is 12.6. The lowest BCUT2D eigenvalue weighted by molar-refractivity contribution is -0.132. The molecule has 7 nitrogen and oxygen atoms in total. The lowest BCUT2D eigenvalue weighted by atomic mass is 10.1. The molecule has 1 aromatic rings. The van der Waals surface area contributed by atoms with Crippen LogP contribution in [0.1, 0.15) is 39.5 Å². The van der Waals surface area contributed by atoms with Crippen molar-refractivity contribution in [2.24, 2.45) is 5.92 Å². The van der Waals surface area contributed by atoms with Crippen LogP contribution < -0.4 is 15.0 Å². The van der Waals surface area contributed by atoms with E-state index < -0.39 is 0 Å². The number of anilines is 2. The van der Waals surface area contributed by atoms with Gasteiger partial charge in [0.1, 0.15) is 12.3 Å². The van der Waals surface area contributed by atoms with E-state index in [1.807, 2.05) is 18.7 Å². The number of nitrogens with zero attached hydrogens (tertiary/aromatic N) is 2. The highest BCUT2D eigenvalue weighted by Crippen LogP contribution is 2.34. The zero-order chi connectivity index (χ0) is 19.4. The number of carbonyl (C=O) groups excluding carboxylic acids is 3. The number of piperidine rings is 1. The average Bonchev–Trinajstić information content (AvgIpc) is 2.64. The van der Waals surface area contributed by atoms with Crippen LogP contribution in [0.3, 0.4) is 0 Å². The summed E-state index contributed by atoms with van der Waals surface area (Å²) in [6.07, 6.45) is 3.57. The molecule has 0 atom stereocenters. The Balaban J connectivity index is 1.76. The molecule has 27 heavy (non-hydrogen) atoms. The molecule has 3 rings (SSSR count). The van der Waals surface area contributed by atoms with Crippen molar-refractivity contribution in [2.75, 3.05) is 36.5 Å². The van der Waals surface area contributed by atoms with E-state index >= 15 is 0 Å². The van der Waals surface area contributed by atoms with Crippen LogP contribution in [-0.2, 0) is 14.4 Å². The van der Waals surface area contributed by atoms with Crippen LogP contribution in [0, 0.1) is 5.92 Å². The van der Waals surface area contributed by atoms with Gasteiger partial charge < -0.3 is 15.0 Å². The molecular weight excluding hydrogens is 346 g/mol. The van der Waals surface area contributed by atoms with Crippen molar-refractivity contribution in [2.45, 2.75) is 39.5 Å². The number of benzene rings is 1. The molecule has 2 aliphatic heterocycles. The molecule has 2 aliphatic rings. The van der Waals surface area contributed by atoms with E-state index in [-0.39, 0.29) is 36.8 Å². The maximum Gasteiger partial charge on any atom is 0.265 e. The quantitative estimate of drug-likeness (QED) is 0.860. The topological polar surface area (TPSA) is 79.0 Å². The summed E-state index contributed by atoms with van der Waals surface area (Å²) >= 11 is 0. The van der Waals surface area contributed by atoms with E-state index in [0.29, 0.717) is 23.5 Å². The molecule has 1 saturated heterocycles. The molecule has 1 fully saturated rings. The molecule has 1 N–H and O–H groups in total. The van der Waals surface area contributed by atoms with E-state index in [9.17, 15) is 14.4 Å². The largest absolute Gasteiger partial charge is 0.482 e. The fourth-order valence-corrected chi connectivity index (χ4v) is 3.41. The number of fused-ring (bicyclic) bond motifs is 1. The maximum absolute atomic E-state index is 12.6. The smallest absolute Gasteiger partial charge is 0.265 e. The van der Waals surface area contributed by atoms with E-state index in [1.54, 1.807) is 18.2 Å². The lowest BCUT2D eigenvalue weighted by Crippen LogP contribution is -2.47. The molecule has 0 unspecified atom stereocenters. The highest BCUT2D eigenvalue weighted by atomic mass is 16.5. The Hall–Kier alpha value is -2.57. The fourth-order valence-electron chi connectivity index (χ4n) is 3.41. The molecule has 2 heterocycles. The van der Waals surface area contributed by atoms with Gasteiger partial charge in [0.15, 0.2) is 6.61 Å². The van der Waals surface area contributed by atoms with Crippen LogP contribution in [0.2, 0.25) is 0 Å². The van der Waals surface area contributed by atoms with Gasteiger partial charge in [-0.1, -0.05) is 13.8 Å². The fraction of sp³-hybridized carbons (Fsp3) is 0.550. The van der Waals surface area contributed by atoms with Gasteiger partial charge in [0, 0.05) is 25.2 Å². The van der Waals surface area contributed by atoms with Gasteiger partial charge in [-0.05, 0) is 43.4 Å². The molecule has 0 aromatic heterocycles. The Bertz CT molecular complexity index is 726. The number of hydrogen-bond acceptors (Lipinski definition) is 4. The second-order valence-corrected chi connectivity index (χ2v) is 7.54. The first-order valence-electron chi connectivity index (χ1n) is 9.59. The van der Waals surface area contributed by atoms with Crippen LogP contribution in [0.4, 0.5) is 11.4 Å². The Morgan fingerprint density at radius 1 is 1.19 bits per heavy atom. The van der Waals surface area contributed by atoms with E-state index in [4.69, 9.17) is 4.74 Å². The van der Waals surface area contributed by atoms with Crippen molar-refractivity contribution in [1.29, 1.82) is 0 Å². The van der Waals surface area contributed by atoms with E-state index in [0.717, 1.165) is 32.4 Å². The Kier molecular flexibility index (Phi) is 5.98. The average molecular weight is 373 g/mol. The number of carbonyl (C=O) groups is 3. The highest BCUT2D eigenvalue weighted by molar-refractivity contribution is 6.03. The van der Waals surface area contributed by atoms with Crippen molar-refractivity contribution >= 4 is 29.1 Å². The molecule has 1 aromatic carbocycles. The Morgan fingerprint density at radius 3 is 2.63 bits per heavy atom. The predicted molar refractivity (Wildman–Crippen MR) is 103 cm³/mol. The first kappa shape index (κ1) is 19.2. The lowest BCUT2D eigenvalue weighted by Gasteiger charge is -2.33. The van der Waals surface area contributed by atoms with Gasteiger partial charge >= 0.3 is 0 Å². The first-order chi connectivity index (χ1) is 12.9. The summed E-state index contributed by atoms with van der Waals surface area (Å²) in [5, 5.41) is 2.85. The van der Waals surface area contributed by atoms with Gasteiger partial charge in [0.2, 0.25) is 11.8 Å². The number of rotatable bonds is 5. The van der Waals surface area contributed by atoms with E-state index in [2.05, 4.69) is 5.32 Å². The molecular formula is C20H27N3O4. The molecule has 7 heteroatoms. The van der Waals surface area contributed by atoms with E-state index in [1.165, 1.54) is 4.90 Å². The summed E-state index contributed by atoms with van der Waals surface area (Å²) in [6.45, 7) is 5.36. The summed E-state index contributed by atoms with van der Waals surface area (Å²) in [7, 11) is 0. The molecule has 0 saturated carbocycles. The summed E-state index contributed by atoms with van der Waals surface area (Å²) in [6, 6.07) is 5.18. The van der Waals surface area contributed by atoms with Crippen molar-refractivity contribution < 1.29 is 19.1 Å². The SMILES string of the molecule is CC(C)CC(=O)Nc1ccc2c(c1)N(CC(=O)N1CCCCC1)C(=O)CO2. The highest BCUT2D eigenvalue weighted by Gasteiger charge is 2.29. The van der Waals surface area contributed by atoms with Crippen molar-refractivity contribution in [3.63, 3.8) is 0 Å². The Morgan fingerprint density at radius 2 is 1.93 bits per heavy atom. The second kappa shape index (κ2) is 8.41. The number of nitrogens with one attached hydrogen (secondary N) is 1. The van der Waals surface area contributed by atoms with Crippen LogP contribution in [0.15, 0.2) is 18.2 Å². The van der Waals surface area contributed by atoms with Crippen molar-refractivity contribution in [1.82, 2.24) is 4.90 Å². The van der Waals surface area contributed by atoms with Gasteiger partial charge in [-0.2, -0.15) is 0 Å². The minimum atomic E-state index is -0.251. The monoisotopic (exact) mass is 373 g/mol. The molecule has 3 amide bonds. The molecule has 146 valence electrons. The first-order valence-corrected chi connectivity index (χ1v) is 9.59. The van der Waals surface area contributed by atoms with Crippen LogP contribution in [0.25, 0.3) is 0 Å². The summed E-state index contributed by atoms with van der Waals surface area (Å²) in [4.78, 5) is 40.3. The molecule has 0 aliphatic carbocycles. The summed E-state index contributed by atoms with van der Waals surface area (Å²) in [5.74, 6) is 0.418. The Labute approximate surface area is 159 Å². The number of amides is 3. The molecule has 0 spiro atoms. The predicted octanol–water partition coefficient (Wildman–Crippen LogP) is 2.41. The minimum absolute atomic E-state index is 0.00140. The molecule has 0 bridgehead atoms. The third kappa shape index (κ3) is 4.78. The van der Waals surface area contributed by atoms with Crippen molar-refractivity contribution in [3.8, 4) is 5.75 Å². The van der Waals surface area contributed by atoms with Gasteiger partial charge in [-0.15, -0.1) is 0 Å². The summed E-state index contributed by atoms with van der Waals surface area (Å²) < 4.78 is 5.49. The summed E-state index contributed by atoms with van der Waals surface area (Å²) in [5.41, 5.74) is 1.12. The number of ether oxygens (including phenoxy) is 1. The zero-order valence-electron chi connectivity index (χ0n) is 16.0. The van der Waals surface area contributed by atoms with Gasteiger partial charge in [-0.3, -0.25) is 19.3 Å². The van der Waals surface area contributed by atoms with Crippen LogP contribution in [0.5, 0.6) is 5.75 Å². The van der Waals surface area contributed by atoms with Crippen molar-refractivity contribution in [3.05, 3.63) is 18.2 Å². The van der Waals surface area contributed by atoms with Crippen LogP contribution >= 0.6 is 0 Å². The number of hydrogen-bond donors (Lipinski definition) is 1. The standard InChI is InChI=1S/C20H27N3O4/c1-14(2)10-18(24)21-15-6-7-17-16(11-15)23(20(26)13-27-17)12-19(25)22-8-4-3-5-9-22/h6-7,11,14H,3-5,8-10,12-13H2,1-2H3,(H,21,24). The molecule has 0 radical (unpaired) electrons. The normalized spacial score (nSPS) is 16.8. The third-order valence-electron chi connectivity index (χ3n) is 4.78. The van der Waals surface area contributed by atoms with Crippen LogP contribution in [-0.4, -0.2) is 48.9 Å². The minimum Gasteiger partial charge on any atom is -0.482 e. The van der Waals surface area contributed by atoms with Gasteiger partial charge in [0.25, 0.3) is 5.91 Å². The number of likely N-dealkylation sites (tertiary alicyclic amines) is 1. The zero-order valence-corrected chi connectivity index (χ0v) is 16.0. The van der Waals surface area contributed by atoms with Gasteiger partial charge in [-0.25, -0.2) is 0 Å². The van der Waals surface area contributed by atoms with Gasteiger partial charge in [0.05, 0.1) is 5.69 Å². The second-order valence-electron chi connectivity index (χ2n) is 7.54. The third-order valence-corrected chi connectivity index (χ3v) is 4.78.